The second-order valence-corrected chi connectivity index (χ2v) is 5.86. The van der Waals surface area contributed by atoms with Gasteiger partial charge in [0.15, 0.2) is 0 Å². The van der Waals surface area contributed by atoms with Crippen LogP contribution in [0.2, 0.25) is 0 Å². The number of aromatic nitrogens is 2. The molecule has 0 saturated carbocycles. The highest BCUT2D eigenvalue weighted by atomic mass is 35.5. The van der Waals surface area contributed by atoms with Gasteiger partial charge in [-0.1, -0.05) is 0 Å². The molecule has 2 heterocycles. The minimum absolute atomic E-state index is 0.362. The minimum atomic E-state index is 0.362. The van der Waals surface area contributed by atoms with Gasteiger partial charge in [0.2, 0.25) is 0 Å². The lowest BCUT2D eigenvalue weighted by atomic mass is 10.2. The fraction of sp³-hybridized carbons (Fsp3) is 0.200. The Balaban J connectivity index is 2.16. The van der Waals surface area contributed by atoms with Crippen molar-refractivity contribution in [3.63, 3.8) is 0 Å². The number of fused-ring (bicyclic) bond motifs is 1. The van der Waals surface area contributed by atoms with E-state index in [0.29, 0.717) is 11.4 Å². The van der Waals surface area contributed by atoms with Crippen molar-refractivity contribution >= 4 is 34.0 Å². The van der Waals surface area contributed by atoms with E-state index >= 15 is 0 Å². The molecule has 100 valence electrons. The summed E-state index contributed by atoms with van der Waals surface area (Å²) < 4.78 is 2.10. The van der Waals surface area contributed by atoms with Crippen molar-refractivity contribution in [2.24, 2.45) is 0 Å². The van der Waals surface area contributed by atoms with E-state index in [1.165, 1.54) is 10.4 Å². The van der Waals surface area contributed by atoms with Crippen LogP contribution in [0.25, 0.3) is 11.0 Å². The van der Waals surface area contributed by atoms with Gasteiger partial charge in [-0.25, -0.2) is 4.98 Å². The van der Waals surface area contributed by atoms with E-state index in [4.69, 9.17) is 16.9 Å². The monoisotopic (exact) mass is 301 g/mol. The number of nitrogens with zero attached hydrogens (tertiary/aromatic N) is 3. The normalized spacial score (nSPS) is 10.8. The van der Waals surface area contributed by atoms with Crippen molar-refractivity contribution in [2.45, 2.75) is 19.3 Å². The lowest BCUT2D eigenvalue weighted by Crippen LogP contribution is -2.03. The number of nitriles is 1. The molecule has 0 amide bonds. The average molecular weight is 302 g/mol. The molecule has 0 aliphatic heterocycles. The molecule has 0 bridgehead atoms. The summed E-state index contributed by atoms with van der Waals surface area (Å²) in [7, 11) is 0. The summed E-state index contributed by atoms with van der Waals surface area (Å²) in [5.41, 5.74) is 3.76. The summed E-state index contributed by atoms with van der Waals surface area (Å²) in [5.74, 6) is 1.20. The molecule has 0 unspecified atom stereocenters. The van der Waals surface area contributed by atoms with Crippen LogP contribution in [0.3, 0.4) is 0 Å². The van der Waals surface area contributed by atoms with Crippen LogP contribution in [-0.4, -0.2) is 9.55 Å². The van der Waals surface area contributed by atoms with Crippen molar-refractivity contribution in [3.05, 3.63) is 51.5 Å². The number of hydrogen-bond acceptors (Lipinski definition) is 3. The topological polar surface area (TPSA) is 41.6 Å². The van der Waals surface area contributed by atoms with Gasteiger partial charge in [-0.3, -0.25) is 0 Å². The van der Waals surface area contributed by atoms with Crippen LogP contribution >= 0.6 is 22.9 Å². The van der Waals surface area contributed by atoms with Crippen LogP contribution in [0.1, 0.15) is 21.8 Å². The second kappa shape index (κ2) is 5.28. The number of imidazole rings is 1. The summed E-state index contributed by atoms with van der Waals surface area (Å²) >= 11 is 7.74. The van der Waals surface area contributed by atoms with Gasteiger partial charge in [-0.05, 0) is 42.1 Å². The third-order valence-electron chi connectivity index (χ3n) is 3.35. The van der Waals surface area contributed by atoms with Gasteiger partial charge in [-0.2, -0.15) is 5.26 Å². The molecule has 0 aliphatic rings. The number of hydrogen-bond donors (Lipinski definition) is 0. The van der Waals surface area contributed by atoms with Crippen molar-refractivity contribution in [1.29, 1.82) is 5.26 Å². The zero-order chi connectivity index (χ0) is 14.1. The molecular weight excluding hydrogens is 290 g/mol. The lowest BCUT2D eigenvalue weighted by molar-refractivity contribution is 0.786. The van der Waals surface area contributed by atoms with Gasteiger partial charge in [0.05, 0.1) is 35.1 Å². The first-order valence-corrected chi connectivity index (χ1v) is 7.62. The summed E-state index contributed by atoms with van der Waals surface area (Å²) in [4.78, 5) is 5.83. The molecule has 0 fully saturated rings. The first-order chi connectivity index (χ1) is 9.72. The maximum atomic E-state index is 9.05. The van der Waals surface area contributed by atoms with Crippen LogP contribution < -0.4 is 0 Å². The van der Waals surface area contributed by atoms with E-state index in [9.17, 15) is 0 Å². The molecule has 3 rings (SSSR count). The smallest absolute Gasteiger partial charge is 0.125 e. The molecule has 20 heavy (non-hydrogen) atoms. The molecule has 0 spiro atoms. The number of benzene rings is 1. The molecule has 2 aromatic heterocycles. The molecular formula is C15H12ClN3S. The van der Waals surface area contributed by atoms with E-state index in [1.54, 1.807) is 17.4 Å². The molecule has 0 N–H and O–H groups in total. The third-order valence-corrected chi connectivity index (χ3v) is 4.59. The average Bonchev–Trinajstić information content (AvgIpc) is 3.03. The summed E-state index contributed by atoms with van der Waals surface area (Å²) in [6.07, 6.45) is 0. The molecule has 3 aromatic rings. The van der Waals surface area contributed by atoms with Crippen molar-refractivity contribution in [2.75, 3.05) is 0 Å². The molecule has 3 nitrogen and oxygen atoms in total. The van der Waals surface area contributed by atoms with Gasteiger partial charge < -0.3 is 4.57 Å². The van der Waals surface area contributed by atoms with Gasteiger partial charge in [0.25, 0.3) is 0 Å². The number of thiophene rings is 1. The highest BCUT2D eigenvalue weighted by Gasteiger charge is 2.12. The van der Waals surface area contributed by atoms with E-state index < -0.39 is 0 Å². The van der Waals surface area contributed by atoms with Crippen LogP contribution in [0.5, 0.6) is 0 Å². The highest BCUT2D eigenvalue weighted by Crippen LogP contribution is 2.24. The van der Waals surface area contributed by atoms with Crippen LogP contribution in [0.4, 0.5) is 0 Å². The van der Waals surface area contributed by atoms with E-state index in [1.807, 2.05) is 12.1 Å². The van der Waals surface area contributed by atoms with E-state index in [2.05, 4.69) is 34.0 Å². The van der Waals surface area contributed by atoms with Crippen LogP contribution in [0, 0.1) is 18.3 Å². The first-order valence-electron chi connectivity index (χ1n) is 6.21. The SMILES string of the molecule is Cc1ccsc1Cn1c(CCl)nc2ccc(C#N)cc21. The van der Waals surface area contributed by atoms with Crippen molar-refractivity contribution in [1.82, 2.24) is 9.55 Å². The predicted molar refractivity (Wildman–Crippen MR) is 82.2 cm³/mol. The maximum absolute atomic E-state index is 9.05. The lowest BCUT2D eigenvalue weighted by Gasteiger charge is -2.07. The Morgan fingerprint density at radius 3 is 2.90 bits per heavy atom. The molecule has 0 atom stereocenters. The van der Waals surface area contributed by atoms with E-state index in [-0.39, 0.29) is 0 Å². The number of halogens is 1. The fourth-order valence-electron chi connectivity index (χ4n) is 2.23. The van der Waals surface area contributed by atoms with Crippen LogP contribution in [-0.2, 0) is 12.4 Å². The summed E-state index contributed by atoms with van der Waals surface area (Å²) in [6.45, 7) is 2.85. The Labute approximate surface area is 126 Å². The summed E-state index contributed by atoms with van der Waals surface area (Å²) in [6, 6.07) is 9.82. The molecule has 5 heteroatoms. The van der Waals surface area contributed by atoms with Gasteiger partial charge in [0, 0.05) is 4.88 Å². The first kappa shape index (κ1) is 13.2. The number of rotatable bonds is 3. The Morgan fingerprint density at radius 2 is 2.25 bits per heavy atom. The molecule has 0 saturated heterocycles. The van der Waals surface area contributed by atoms with Crippen LogP contribution in [0.15, 0.2) is 29.6 Å². The largest absolute Gasteiger partial charge is 0.322 e. The zero-order valence-electron chi connectivity index (χ0n) is 10.9. The third kappa shape index (κ3) is 2.20. The molecule has 0 radical (unpaired) electrons. The Hall–Kier alpha value is -1.83. The number of alkyl halides is 1. The molecule has 0 aliphatic carbocycles. The standard InChI is InChI=1S/C15H12ClN3S/c1-10-4-5-20-14(10)9-19-13-6-11(8-17)2-3-12(13)18-15(19)7-16/h2-6H,7,9H2,1H3. The van der Waals surface area contributed by atoms with E-state index in [0.717, 1.165) is 23.4 Å². The Kier molecular flexibility index (Phi) is 3.47. The fourth-order valence-corrected chi connectivity index (χ4v) is 3.33. The minimum Gasteiger partial charge on any atom is -0.322 e. The Morgan fingerprint density at radius 1 is 1.40 bits per heavy atom. The Bertz CT molecular complexity index is 810. The molecule has 1 aromatic carbocycles. The quantitative estimate of drug-likeness (QED) is 0.684. The number of aryl methyl sites for hydroxylation is 1. The van der Waals surface area contributed by atoms with Gasteiger partial charge in [-0.15, -0.1) is 22.9 Å². The second-order valence-electron chi connectivity index (χ2n) is 4.59. The van der Waals surface area contributed by atoms with Crippen molar-refractivity contribution in [3.8, 4) is 6.07 Å². The highest BCUT2D eigenvalue weighted by molar-refractivity contribution is 7.10. The predicted octanol–water partition coefficient (Wildman–Crippen LogP) is 4.07. The van der Waals surface area contributed by atoms with Gasteiger partial charge >= 0.3 is 0 Å². The van der Waals surface area contributed by atoms with Gasteiger partial charge in [0.1, 0.15) is 5.82 Å². The summed E-state index contributed by atoms with van der Waals surface area (Å²) in [5, 5.41) is 11.1. The zero-order valence-corrected chi connectivity index (χ0v) is 12.5. The van der Waals surface area contributed by atoms with Crippen molar-refractivity contribution < 1.29 is 0 Å². The maximum Gasteiger partial charge on any atom is 0.125 e.